The van der Waals surface area contributed by atoms with Gasteiger partial charge in [-0.15, -0.1) is 28.5 Å². The first-order valence-corrected chi connectivity index (χ1v) is 11.9. The van der Waals surface area contributed by atoms with Gasteiger partial charge in [-0.25, -0.2) is 0 Å². The summed E-state index contributed by atoms with van der Waals surface area (Å²) in [4.78, 5) is 12.4. The molecule has 1 aromatic heterocycles. The molecule has 2 aromatic carbocycles. The van der Waals surface area contributed by atoms with Gasteiger partial charge in [0.2, 0.25) is 5.91 Å². The SMILES string of the molecule is C=CCn1c(CSCc2ccccc2)nnc1SCC(=O)Nc1ccc(Cl)cc1C. The van der Waals surface area contributed by atoms with Crippen molar-refractivity contribution in [3.63, 3.8) is 0 Å². The first kappa shape index (κ1) is 22.5. The van der Waals surface area contributed by atoms with Crippen molar-refractivity contribution >= 4 is 46.7 Å². The van der Waals surface area contributed by atoms with Crippen LogP contribution in [0, 0.1) is 6.92 Å². The summed E-state index contributed by atoms with van der Waals surface area (Å²) in [5, 5.41) is 12.9. The molecule has 3 rings (SSSR count). The van der Waals surface area contributed by atoms with Crippen LogP contribution in [0.15, 0.2) is 66.3 Å². The zero-order valence-corrected chi connectivity index (χ0v) is 19.1. The Kier molecular flexibility index (Phi) is 8.42. The molecule has 0 saturated carbocycles. The highest BCUT2D eigenvalue weighted by molar-refractivity contribution is 7.99. The van der Waals surface area contributed by atoms with Crippen molar-refractivity contribution in [2.24, 2.45) is 0 Å². The normalized spacial score (nSPS) is 10.7. The monoisotopic (exact) mass is 458 g/mol. The van der Waals surface area contributed by atoms with E-state index in [1.165, 1.54) is 17.3 Å². The van der Waals surface area contributed by atoms with Gasteiger partial charge in [-0.1, -0.05) is 59.8 Å². The van der Waals surface area contributed by atoms with Gasteiger partial charge in [-0.05, 0) is 36.2 Å². The lowest BCUT2D eigenvalue weighted by atomic mass is 10.2. The molecule has 3 aromatic rings. The second kappa shape index (κ2) is 11.2. The summed E-state index contributed by atoms with van der Waals surface area (Å²) in [5.41, 5.74) is 2.96. The Morgan fingerprint density at radius 2 is 2.00 bits per heavy atom. The zero-order valence-electron chi connectivity index (χ0n) is 16.7. The number of halogens is 1. The van der Waals surface area contributed by atoms with Crippen molar-refractivity contribution in [1.82, 2.24) is 14.8 Å². The third-order valence-corrected chi connectivity index (χ3v) is 6.44. The van der Waals surface area contributed by atoms with Gasteiger partial charge < -0.3 is 9.88 Å². The highest BCUT2D eigenvalue weighted by Crippen LogP contribution is 2.23. The van der Waals surface area contributed by atoms with Crippen molar-refractivity contribution in [3.05, 3.63) is 83.2 Å². The Hall–Kier alpha value is -2.22. The molecule has 0 spiro atoms. The number of carbonyl (C=O) groups is 1. The molecular weight excluding hydrogens is 436 g/mol. The Labute approximate surface area is 190 Å². The van der Waals surface area contributed by atoms with Crippen molar-refractivity contribution in [2.75, 3.05) is 11.1 Å². The smallest absolute Gasteiger partial charge is 0.234 e. The molecule has 0 aliphatic rings. The van der Waals surface area contributed by atoms with Gasteiger partial charge in [0.05, 0.1) is 11.5 Å². The van der Waals surface area contributed by atoms with Gasteiger partial charge in [0.1, 0.15) is 5.82 Å². The molecule has 0 saturated heterocycles. The summed E-state index contributed by atoms with van der Waals surface area (Å²) in [6, 6.07) is 15.7. The molecule has 0 aliphatic carbocycles. The summed E-state index contributed by atoms with van der Waals surface area (Å²) in [6.07, 6.45) is 1.82. The molecular formula is C22H23ClN4OS2. The van der Waals surface area contributed by atoms with Crippen LogP contribution in [-0.4, -0.2) is 26.4 Å². The number of hydrogen-bond acceptors (Lipinski definition) is 5. The van der Waals surface area contributed by atoms with Crippen LogP contribution in [0.1, 0.15) is 17.0 Å². The molecule has 0 radical (unpaired) electrons. The van der Waals surface area contributed by atoms with Crippen LogP contribution in [0.2, 0.25) is 5.02 Å². The molecule has 8 heteroatoms. The van der Waals surface area contributed by atoms with Crippen LogP contribution in [-0.2, 0) is 22.8 Å². The molecule has 1 amide bonds. The largest absolute Gasteiger partial charge is 0.325 e. The molecule has 0 bridgehead atoms. The highest BCUT2D eigenvalue weighted by atomic mass is 35.5. The fourth-order valence-electron chi connectivity index (χ4n) is 2.76. The second-order valence-corrected chi connectivity index (χ2v) is 8.94. The van der Waals surface area contributed by atoms with Gasteiger partial charge in [0, 0.05) is 23.0 Å². The predicted octanol–water partition coefficient (Wildman–Crippen LogP) is 5.59. The molecule has 1 N–H and O–H groups in total. The molecule has 0 fully saturated rings. The maximum Gasteiger partial charge on any atom is 0.234 e. The standard InChI is InChI=1S/C22H23ClN4OS2/c1-3-11-27-20(14-29-13-17-7-5-4-6-8-17)25-26-22(27)30-15-21(28)24-19-10-9-18(23)12-16(19)2/h3-10,12H,1,11,13-15H2,2H3,(H,24,28). The number of carbonyl (C=O) groups excluding carboxylic acids is 1. The van der Waals surface area contributed by atoms with Crippen LogP contribution >= 0.6 is 35.1 Å². The van der Waals surface area contributed by atoms with E-state index in [4.69, 9.17) is 11.6 Å². The van der Waals surface area contributed by atoms with Crippen molar-refractivity contribution in [3.8, 4) is 0 Å². The Balaban J connectivity index is 1.57. The van der Waals surface area contributed by atoms with E-state index in [9.17, 15) is 4.79 Å². The van der Waals surface area contributed by atoms with Gasteiger partial charge in [0.15, 0.2) is 5.16 Å². The summed E-state index contributed by atoms with van der Waals surface area (Å²) < 4.78 is 2.01. The number of hydrogen-bond donors (Lipinski definition) is 1. The number of aromatic nitrogens is 3. The van der Waals surface area contributed by atoms with Gasteiger partial charge in [-0.2, -0.15) is 0 Å². The number of thioether (sulfide) groups is 2. The minimum atomic E-state index is -0.0985. The second-order valence-electron chi connectivity index (χ2n) is 6.57. The molecule has 0 aliphatic heterocycles. The fraction of sp³-hybridized carbons (Fsp3) is 0.227. The van der Waals surface area contributed by atoms with Gasteiger partial charge >= 0.3 is 0 Å². The molecule has 156 valence electrons. The van der Waals surface area contributed by atoms with Crippen LogP contribution in [0.5, 0.6) is 0 Å². The van der Waals surface area contributed by atoms with Crippen LogP contribution in [0.3, 0.4) is 0 Å². The average Bonchev–Trinajstić information content (AvgIpc) is 3.11. The van der Waals surface area contributed by atoms with E-state index in [1.54, 1.807) is 17.8 Å². The third-order valence-electron chi connectivity index (χ3n) is 4.24. The molecule has 5 nitrogen and oxygen atoms in total. The molecule has 30 heavy (non-hydrogen) atoms. The Morgan fingerprint density at radius 3 is 2.73 bits per heavy atom. The van der Waals surface area contributed by atoms with E-state index >= 15 is 0 Å². The van der Waals surface area contributed by atoms with Crippen molar-refractivity contribution in [2.45, 2.75) is 30.1 Å². The first-order valence-electron chi connectivity index (χ1n) is 9.40. The minimum absolute atomic E-state index is 0.0985. The van der Waals surface area contributed by atoms with Crippen molar-refractivity contribution in [1.29, 1.82) is 0 Å². The number of anilines is 1. The van der Waals surface area contributed by atoms with E-state index in [2.05, 4.69) is 34.2 Å². The summed E-state index contributed by atoms with van der Waals surface area (Å²) >= 11 is 9.12. The van der Waals surface area contributed by atoms with E-state index in [0.29, 0.717) is 16.7 Å². The highest BCUT2D eigenvalue weighted by Gasteiger charge is 2.14. The Morgan fingerprint density at radius 1 is 1.20 bits per heavy atom. The number of amides is 1. The maximum absolute atomic E-state index is 12.4. The molecule has 0 unspecified atom stereocenters. The van der Waals surface area contributed by atoms with Gasteiger partial charge in [0.25, 0.3) is 0 Å². The quantitative estimate of drug-likeness (QED) is 0.317. The van der Waals surface area contributed by atoms with E-state index in [1.807, 2.05) is 47.9 Å². The topological polar surface area (TPSA) is 59.8 Å². The van der Waals surface area contributed by atoms with E-state index < -0.39 is 0 Å². The van der Waals surface area contributed by atoms with Crippen molar-refractivity contribution < 1.29 is 4.79 Å². The zero-order chi connectivity index (χ0) is 21.3. The van der Waals surface area contributed by atoms with Crippen LogP contribution in [0.25, 0.3) is 0 Å². The summed E-state index contributed by atoms with van der Waals surface area (Å²) in [6.45, 7) is 6.35. The number of nitrogens with zero attached hydrogens (tertiary/aromatic N) is 3. The number of aryl methyl sites for hydroxylation is 1. The van der Waals surface area contributed by atoms with E-state index in [-0.39, 0.29) is 11.7 Å². The van der Waals surface area contributed by atoms with Gasteiger partial charge in [-0.3, -0.25) is 4.79 Å². The molecule has 1 heterocycles. The van der Waals surface area contributed by atoms with Crippen LogP contribution < -0.4 is 5.32 Å². The third kappa shape index (κ3) is 6.39. The lowest BCUT2D eigenvalue weighted by Gasteiger charge is -2.09. The van der Waals surface area contributed by atoms with Crippen LogP contribution in [0.4, 0.5) is 5.69 Å². The number of rotatable bonds is 10. The fourth-order valence-corrected chi connectivity index (χ4v) is 4.68. The number of allylic oxidation sites excluding steroid dienone is 1. The first-order chi connectivity index (χ1) is 14.6. The lowest BCUT2D eigenvalue weighted by Crippen LogP contribution is -2.15. The average molecular weight is 459 g/mol. The molecule has 0 atom stereocenters. The lowest BCUT2D eigenvalue weighted by molar-refractivity contribution is -0.113. The van der Waals surface area contributed by atoms with E-state index in [0.717, 1.165) is 28.6 Å². The summed E-state index contributed by atoms with van der Waals surface area (Å²) in [7, 11) is 0. The predicted molar refractivity (Wildman–Crippen MR) is 127 cm³/mol. The summed E-state index contributed by atoms with van der Waals surface area (Å²) in [5.74, 6) is 2.68. The number of nitrogens with one attached hydrogen (secondary N) is 1. The minimum Gasteiger partial charge on any atom is -0.325 e. The Bertz CT molecular complexity index is 1010. The number of benzene rings is 2. The maximum atomic E-state index is 12.4.